The van der Waals surface area contributed by atoms with E-state index in [2.05, 4.69) is 40.4 Å². The van der Waals surface area contributed by atoms with E-state index in [9.17, 15) is 14.7 Å². The van der Waals surface area contributed by atoms with Gasteiger partial charge in [-0.2, -0.15) is 0 Å². The molecule has 31 heavy (non-hydrogen) atoms. The highest BCUT2D eigenvalue weighted by molar-refractivity contribution is 9.10. The second kappa shape index (κ2) is 8.45. The van der Waals surface area contributed by atoms with Crippen LogP contribution in [0.1, 0.15) is 38.7 Å². The van der Waals surface area contributed by atoms with Gasteiger partial charge in [-0.1, -0.05) is 54.2 Å². The topological polar surface area (TPSA) is 81.7 Å². The Morgan fingerprint density at radius 3 is 2.65 bits per heavy atom. The first-order chi connectivity index (χ1) is 14.7. The molecule has 1 fully saturated rings. The van der Waals surface area contributed by atoms with Crippen LogP contribution in [0.2, 0.25) is 5.02 Å². The zero-order chi connectivity index (χ0) is 22.3. The molecule has 3 N–H and O–H groups in total. The number of carbonyl (C=O) groups excluding carboxylic acids is 2. The first kappa shape index (κ1) is 22.1. The smallest absolute Gasteiger partial charge is 0.329 e. The minimum Gasteiger partial charge on any atom is -0.359 e. The Hall–Kier alpha value is -2.09. The van der Waals surface area contributed by atoms with E-state index in [1.54, 1.807) is 42.5 Å². The number of aliphatic hydroxyl groups is 1. The molecule has 1 heterocycles. The number of hydrogen-bond acceptors (Lipinski definition) is 3. The molecule has 1 saturated carbocycles. The van der Waals surface area contributed by atoms with Crippen LogP contribution in [0.5, 0.6) is 0 Å². The molecule has 0 saturated heterocycles. The van der Waals surface area contributed by atoms with E-state index in [0.29, 0.717) is 32.4 Å². The van der Waals surface area contributed by atoms with Crippen LogP contribution in [0.25, 0.3) is 0 Å². The summed E-state index contributed by atoms with van der Waals surface area (Å²) in [6, 6.07) is 10.8. The molecule has 1 aliphatic carbocycles. The molecular weight excluding hydrogens is 482 g/mol. The number of urea groups is 1. The monoisotopic (exact) mass is 505 g/mol. The Morgan fingerprint density at radius 2 is 1.94 bits per heavy atom. The van der Waals surface area contributed by atoms with Crippen molar-refractivity contribution >= 4 is 50.8 Å². The van der Waals surface area contributed by atoms with Gasteiger partial charge < -0.3 is 15.7 Å². The zero-order valence-electron chi connectivity index (χ0n) is 17.4. The molecule has 0 radical (unpaired) electrons. The predicted octanol–water partition coefficient (Wildman–Crippen LogP) is 5.24. The number of benzene rings is 2. The molecule has 1 aliphatic heterocycles. The molecule has 2 aliphatic rings. The standard InChI is InChI=1S/C23H25BrClN3O3/c1-13-4-3-5-19(14(13)2)26-21(29)23(31)18-12-15(24)6-11-20(18)27-22(30)28(23)17-9-7-16(25)8-10-17/h6-14,19,31H,3-5H2,1-2H3,(H,26,29)(H,27,30)/t13-,14-,19-,23+/m1/s1. The van der Waals surface area contributed by atoms with Gasteiger partial charge in [0.2, 0.25) is 0 Å². The van der Waals surface area contributed by atoms with E-state index >= 15 is 0 Å². The lowest BCUT2D eigenvalue weighted by Crippen LogP contribution is -2.64. The fourth-order valence-electron chi connectivity index (χ4n) is 4.53. The molecule has 8 heteroatoms. The van der Waals surface area contributed by atoms with Crippen molar-refractivity contribution < 1.29 is 14.7 Å². The number of rotatable bonds is 3. The van der Waals surface area contributed by atoms with Gasteiger partial charge in [0.05, 0.1) is 5.69 Å². The molecule has 2 aromatic rings. The molecule has 0 unspecified atom stereocenters. The van der Waals surface area contributed by atoms with Crippen LogP contribution in [0, 0.1) is 11.8 Å². The van der Waals surface area contributed by atoms with Crippen LogP contribution in [0.15, 0.2) is 46.9 Å². The van der Waals surface area contributed by atoms with Crippen molar-refractivity contribution in [3.8, 4) is 0 Å². The van der Waals surface area contributed by atoms with Gasteiger partial charge >= 0.3 is 6.03 Å². The number of amides is 3. The van der Waals surface area contributed by atoms with Crippen molar-refractivity contribution in [3.05, 3.63) is 57.5 Å². The van der Waals surface area contributed by atoms with Gasteiger partial charge in [-0.05, 0) is 60.7 Å². The summed E-state index contributed by atoms with van der Waals surface area (Å²) in [4.78, 5) is 27.9. The highest BCUT2D eigenvalue weighted by Crippen LogP contribution is 2.42. The number of fused-ring (bicyclic) bond motifs is 1. The molecular formula is C23H25BrClN3O3. The third-order valence-corrected chi connectivity index (χ3v) is 7.30. The highest BCUT2D eigenvalue weighted by atomic mass is 79.9. The van der Waals surface area contributed by atoms with Crippen LogP contribution < -0.4 is 15.5 Å². The van der Waals surface area contributed by atoms with E-state index in [1.807, 2.05) is 0 Å². The molecule has 2 aromatic carbocycles. The number of carbonyl (C=O) groups is 2. The number of nitrogens with zero attached hydrogens (tertiary/aromatic N) is 1. The SMILES string of the molecule is C[C@@H]1[C@H](C)CCC[C@H]1NC(=O)[C@@]1(O)c2cc(Br)ccc2NC(=O)N1c1ccc(Cl)cc1. The molecule has 0 bridgehead atoms. The highest BCUT2D eigenvalue weighted by Gasteiger charge is 2.52. The number of halogens is 2. The minimum absolute atomic E-state index is 0.0760. The van der Waals surface area contributed by atoms with Gasteiger partial charge in [-0.25, -0.2) is 4.79 Å². The summed E-state index contributed by atoms with van der Waals surface area (Å²) in [5, 5.41) is 18.3. The van der Waals surface area contributed by atoms with Crippen molar-refractivity contribution in [1.82, 2.24) is 5.32 Å². The molecule has 4 rings (SSSR count). The van der Waals surface area contributed by atoms with Gasteiger partial charge in [0.1, 0.15) is 0 Å². The van der Waals surface area contributed by atoms with E-state index < -0.39 is 17.7 Å². The summed E-state index contributed by atoms with van der Waals surface area (Å²) < 4.78 is 0.685. The summed E-state index contributed by atoms with van der Waals surface area (Å²) >= 11 is 9.43. The first-order valence-electron chi connectivity index (χ1n) is 10.4. The number of hydrogen-bond donors (Lipinski definition) is 3. The van der Waals surface area contributed by atoms with E-state index in [0.717, 1.165) is 24.2 Å². The average Bonchev–Trinajstić information content (AvgIpc) is 2.73. The Balaban J connectivity index is 1.80. The largest absolute Gasteiger partial charge is 0.359 e. The average molecular weight is 507 g/mol. The van der Waals surface area contributed by atoms with Crippen molar-refractivity contribution in [2.45, 2.75) is 44.9 Å². The molecule has 3 amide bonds. The second-order valence-corrected chi connectivity index (χ2v) is 9.80. The second-order valence-electron chi connectivity index (χ2n) is 8.45. The van der Waals surface area contributed by atoms with Crippen molar-refractivity contribution in [1.29, 1.82) is 0 Å². The molecule has 6 nitrogen and oxygen atoms in total. The molecule has 4 atom stereocenters. The first-order valence-corrected chi connectivity index (χ1v) is 11.6. The number of nitrogens with one attached hydrogen (secondary N) is 2. The maximum absolute atomic E-state index is 13.7. The van der Waals surface area contributed by atoms with Gasteiger partial charge in [-0.15, -0.1) is 0 Å². The summed E-state index contributed by atoms with van der Waals surface area (Å²) in [6.45, 7) is 4.30. The summed E-state index contributed by atoms with van der Waals surface area (Å²) in [5.74, 6) is 0.115. The van der Waals surface area contributed by atoms with Crippen LogP contribution >= 0.6 is 27.5 Å². The van der Waals surface area contributed by atoms with E-state index in [4.69, 9.17) is 11.6 Å². The molecule has 0 aromatic heterocycles. The van der Waals surface area contributed by atoms with Gasteiger partial charge in [0.15, 0.2) is 0 Å². The Bertz CT molecular complexity index is 1020. The fraction of sp³-hybridized carbons (Fsp3) is 0.391. The molecule has 0 spiro atoms. The summed E-state index contributed by atoms with van der Waals surface area (Å²) in [7, 11) is 0. The van der Waals surface area contributed by atoms with Crippen LogP contribution in [-0.4, -0.2) is 23.1 Å². The normalized spacial score (nSPS) is 28.0. The Kier molecular flexibility index (Phi) is 6.03. The van der Waals surface area contributed by atoms with Crippen molar-refractivity contribution in [2.75, 3.05) is 10.2 Å². The lowest BCUT2D eigenvalue weighted by molar-refractivity contribution is -0.141. The van der Waals surface area contributed by atoms with Crippen LogP contribution in [-0.2, 0) is 10.5 Å². The van der Waals surface area contributed by atoms with Gasteiger partial charge in [-0.3, -0.25) is 9.69 Å². The lowest BCUT2D eigenvalue weighted by Gasteiger charge is -2.44. The Labute approximate surface area is 195 Å². The van der Waals surface area contributed by atoms with Gasteiger partial charge in [0, 0.05) is 26.8 Å². The number of anilines is 2. The van der Waals surface area contributed by atoms with Crippen molar-refractivity contribution in [2.24, 2.45) is 11.8 Å². The van der Waals surface area contributed by atoms with E-state index in [-0.39, 0.29) is 12.0 Å². The minimum atomic E-state index is -2.23. The third-order valence-electron chi connectivity index (χ3n) is 6.55. The van der Waals surface area contributed by atoms with Crippen molar-refractivity contribution in [3.63, 3.8) is 0 Å². The fourth-order valence-corrected chi connectivity index (χ4v) is 5.01. The van der Waals surface area contributed by atoms with Gasteiger partial charge in [0.25, 0.3) is 11.6 Å². The lowest BCUT2D eigenvalue weighted by atomic mass is 9.78. The quantitative estimate of drug-likeness (QED) is 0.532. The van der Waals surface area contributed by atoms with Crippen LogP contribution in [0.3, 0.4) is 0 Å². The maximum atomic E-state index is 13.7. The Morgan fingerprint density at radius 1 is 1.23 bits per heavy atom. The predicted molar refractivity (Wildman–Crippen MR) is 125 cm³/mol. The summed E-state index contributed by atoms with van der Waals surface area (Å²) in [5.41, 5.74) is -1.18. The molecule has 164 valence electrons. The summed E-state index contributed by atoms with van der Waals surface area (Å²) in [6.07, 6.45) is 2.97. The third kappa shape index (κ3) is 3.95. The zero-order valence-corrected chi connectivity index (χ0v) is 19.7. The van der Waals surface area contributed by atoms with E-state index in [1.165, 1.54) is 0 Å². The van der Waals surface area contributed by atoms with Crippen LogP contribution in [0.4, 0.5) is 16.2 Å². The maximum Gasteiger partial charge on any atom is 0.329 e.